The topological polar surface area (TPSA) is 67.2 Å². The molecule has 0 spiro atoms. The first kappa shape index (κ1) is 7.60. The van der Waals surface area contributed by atoms with Gasteiger partial charge in [0.25, 0.3) is 0 Å². The SMILES string of the molecule is N#Cc1ccccn1.[N]. The average Bonchev–Trinajstić information content (AvgIpc) is 1.90. The van der Waals surface area contributed by atoms with Crippen LogP contribution in [0.1, 0.15) is 5.69 Å². The van der Waals surface area contributed by atoms with Crippen molar-refractivity contribution in [1.82, 2.24) is 11.1 Å². The van der Waals surface area contributed by atoms with Crippen LogP contribution in [0.5, 0.6) is 0 Å². The molecule has 43 valence electrons. The zero-order valence-electron chi connectivity index (χ0n) is 4.65. The van der Waals surface area contributed by atoms with Gasteiger partial charge in [0.15, 0.2) is 0 Å². The highest BCUT2D eigenvalue weighted by molar-refractivity contribution is 5.18. The van der Waals surface area contributed by atoms with Crippen LogP contribution in [-0.2, 0) is 0 Å². The van der Waals surface area contributed by atoms with Gasteiger partial charge in [-0.25, -0.2) is 4.98 Å². The highest BCUT2D eigenvalue weighted by Crippen LogP contribution is 1.86. The van der Waals surface area contributed by atoms with Crippen LogP contribution in [-0.4, -0.2) is 4.98 Å². The maximum absolute atomic E-state index is 8.23. The third-order valence-corrected chi connectivity index (χ3v) is 0.779. The number of pyridine rings is 1. The maximum atomic E-state index is 8.23. The van der Waals surface area contributed by atoms with Gasteiger partial charge in [-0.1, -0.05) is 6.07 Å². The van der Waals surface area contributed by atoms with E-state index in [-0.39, 0.29) is 6.15 Å². The summed E-state index contributed by atoms with van der Waals surface area (Å²) in [6, 6.07) is 7.14. The molecule has 0 saturated heterocycles. The van der Waals surface area contributed by atoms with Gasteiger partial charge in [-0.05, 0) is 12.1 Å². The van der Waals surface area contributed by atoms with Crippen molar-refractivity contribution in [3.05, 3.63) is 30.1 Å². The Kier molecular flexibility index (Phi) is 3.03. The van der Waals surface area contributed by atoms with E-state index >= 15 is 0 Å². The second-order valence-corrected chi connectivity index (χ2v) is 1.33. The Hall–Kier alpha value is -1.40. The Morgan fingerprint density at radius 2 is 2.22 bits per heavy atom. The van der Waals surface area contributed by atoms with Crippen molar-refractivity contribution < 1.29 is 0 Å². The van der Waals surface area contributed by atoms with E-state index in [1.807, 2.05) is 6.07 Å². The van der Waals surface area contributed by atoms with Gasteiger partial charge in [0.1, 0.15) is 11.8 Å². The molecule has 1 rings (SSSR count). The van der Waals surface area contributed by atoms with Crippen molar-refractivity contribution in [3.8, 4) is 6.07 Å². The lowest BCUT2D eigenvalue weighted by Crippen LogP contribution is -1.75. The molecule has 1 aromatic heterocycles. The highest BCUT2D eigenvalue weighted by atomic mass is 14.7. The van der Waals surface area contributed by atoms with Crippen LogP contribution in [0.25, 0.3) is 0 Å². The molecule has 0 saturated carbocycles. The number of nitriles is 1. The van der Waals surface area contributed by atoms with Crippen LogP contribution >= 0.6 is 0 Å². The summed E-state index contributed by atoms with van der Waals surface area (Å²) in [5.74, 6) is 0. The number of rotatable bonds is 0. The Balaban J connectivity index is 0.000000640. The van der Waals surface area contributed by atoms with Crippen molar-refractivity contribution >= 4 is 0 Å². The summed E-state index contributed by atoms with van der Waals surface area (Å²) in [5.41, 5.74) is 0.465. The molecule has 0 amide bonds. The molecule has 0 aliphatic rings. The van der Waals surface area contributed by atoms with Gasteiger partial charge in [0.05, 0.1) is 0 Å². The number of aromatic nitrogens is 1. The number of hydrogen-bond donors (Lipinski definition) is 0. The summed E-state index contributed by atoms with van der Waals surface area (Å²) in [5, 5.41) is 8.23. The van der Waals surface area contributed by atoms with E-state index in [1.54, 1.807) is 24.4 Å². The van der Waals surface area contributed by atoms with Gasteiger partial charge in [0, 0.05) is 12.3 Å². The van der Waals surface area contributed by atoms with Crippen LogP contribution in [0.15, 0.2) is 24.4 Å². The van der Waals surface area contributed by atoms with Gasteiger partial charge in [0.2, 0.25) is 0 Å². The number of hydrogen-bond acceptors (Lipinski definition) is 2. The van der Waals surface area contributed by atoms with Crippen LogP contribution in [0, 0.1) is 11.3 Å². The molecule has 3 heteroatoms. The van der Waals surface area contributed by atoms with Gasteiger partial charge < -0.3 is 0 Å². The van der Waals surface area contributed by atoms with E-state index < -0.39 is 0 Å². The molecule has 0 bridgehead atoms. The third-order valence-electron chi connectivity index (χ3n) is 0.779. The van der Waals surface area contributed by atoms with Gasteiger partial charge >= 0.3 is 0 Å². The smallest absolute Gasteiger partial charge is 0.140 e. The second-order valence-electron chi connectivity index (χ2n) is 1.33. The summed E-state index contributed by atoms with van der Waals surface area (Å²) < 4.78 is 0. The second kappa shape index (κ2) is 3.58. The van der Waals surface area contributed by atoms with Crippen molar-refractivity contribution in [2.45, 2.75) is 0 Å². The summed E-state index contributed by atoms with van der Waals surface area (Å²) in [6.45, 7) is 0. The highest BCUT2D eigenvalue weighted by Gasteiger charge is 1.81. The summed E-state index contributed by atoms with van der Waals surface area (Å²) in [4.78, 5) is 3.74. The average molecular weight is 118 g/mol. The molecule has 0 fully saturated rings. The molecule has 3 nitrogen and oxygen atoms in total. The Morgan fingerprint density at radius 1 is 1.44 bits per heavy atom. The predicted molar refractivity (Wildman–Crippen MR) is 31.1 cm³/mol. The Morgan fingerprint density at radius 3 is 2.56 bits per heavy atom. The van der Waals surface area contributed by atoms with E-state index in [1.165, 1.54) is 0 Å². The molecule has 0 N–H and O–H groups in total. The molecule has 0 atom stereocenters. The molecule has 0 aliphatic carbocycles. The molecule has 0 unspecified atom stereocenters. The van der Waals surface area contributed by atoms with Gasteiger partial charge in [-0.2, -0.15) is 5.26 Å². The maximum Gasteiger partial charge on any atom is 0.140 e. The fraction of sp³-hybridized carbons (Fsp3) is 0. The van der Waals surface area contributed by atoms with E-state index in [0.717, 1.165) is 0 Å². The lowest BCUT2D eigenvalue weighted by atomic mass is 10.4. The van der Waals surface area contributed by atoms with Crippen LogP contribution in [0.4, 0.5) is 0 Å². The molecular weight excluding hydrogens is 114 g/mol. The first-order valence-corrected chi connectivity index (χ1v) is 2.24. The van der Waals surface area contributed by atoms with Gasteiger partial charge in [-0.15, -0.1) is 0 Å². The monoisotopic (exact) mass is 118 g/mol. The third kappa shape index (κ3) is 1.89. The zero-order chi connectivity index (χ0) is 5.82. The largest absolute Gasteiger partial charge is 0.246 e. The normalized spacial score (nSPS) is 7.00. The molecule has 0 aromatic carbocycles. The van der Waals surface area contributed by atoms with Crippen molar-refractivity contribution in [2.24, 2.45) is 0 Å². The van der Waals surface area contributed by atoms with E-state index in [4.69, 9.17) is 5.26 Å². The lowest BCUT2D eigenvalue weighted by molar-refractivity contribution is 1.26. The van der Waals surface area contributed by atoms with Crippen LogP contribution in [0.2, 0.25) is 0 Å². The molecule has 1 heterocycles. The van der Waals surface area contributed by atoms with Crippen LogP contribution in [0.3, 0.4) is 0 Å². The lowest BCUT2D eigenvalue weighted by Gasteiger charge is -1.79. The van der Waals surface area contributed by atoms with E-state index in [2.05, 4.69) is 4.98 Å². The minimum atomic E-state index is 0. The van der Waals surface area contributed by atoms with Gasteiger partial charge in [-0.3, -0.25) is 0 Å². The standard InChI is InChI=1S/C6H4N2.N/c7-5-6-3-1-2-4-8-6;/h1-4H;. The van der Waals surface area contributed by atoms with Crippen molar-refractivity contribution in [1.29, 1.82) is 5.26 Å². The fourth-order valence-electron chi connectivity index (χ4n) is 0.429. The molecule has 3 radical (unpaired) electrons. The minimum absolute atomic E-state index is 0. The Bertz CT molecular complexity index is 199. The van der Waals surface area contributed by atoms with E-state index in [9.17, 15) is 0 Å². The first-order valence-electron chi connectivity index (χ1n) is 2.24. The molecule has 0 aliphatic heterocycles. The summed E-state index contributed by atoms with van der Waals surface area (Å²) in [7, 11) is 0. The first-order chi connectivity index (χ1) is 3.93. The minimum Gasteiger partial charge on any atom is -0.246 e. The molecule has 9 heavy (non-hydrogen) atoms. The molecule has 1 aromatic rings. The quantitative estimate of drug-likeness (QED) is 0.497. The van der Waals surface area contributed by atoms with Crippen molar-refractivity contribution in [2.75, 3.05) is 0 Å². The van der Waals surface area contributed by atoms with E-state index in [0.29, 0.717) is 5.69 Å². The summed E-state index contributed by atoms with van der Waals surface area (Å²) >= 11 is 0. The van der Waals surface area contributed by atoms with Crippen LogP contribution < -0.4 is 6.15 Å². The number of nitrogens with zero attached hydrogens (tertiary/aromatic N) is 3. The Labute approximate surface area is 53.5 Å². The summed E-state index contributed by atoms with van der Waals surface area (Å²) in [6.07, 6.45) is 1.60. The van der Waals surface area contributed by atoms with Crippen molar-refractivity contribution in [3.63, 3.8) is 0 Å². The molecular formula is C6H4N3. The zero-order valence-corrected chi connectivity index (χ0v) is 4.65. The fourth-order valence-corrected chi connectivity index (χ4v) is 0.429. The predicted octanol–water partition coefficient (Wildman–Crippen LogP) is 0.473.